The Labute approximate surface area is 132 Å². The Hall–Kier alpha value is -1.72. The van der Waals surface area contributed by atoms with Crippen LogP contribution in [-0.4, -0.2) is 31.0 Å². The molecule has 0 unspecified atom stereocenters. The Morgan fingerprint density at radius 3 is 3.05 bits per heavy atom. The molecule has 1 aliphatic rings. The topological polar surface area (TPSA) is 41.6 Å². The van der Waals surface area contributed by atoms with Crippen LogP contribution >= 0.6 is 22.9 Å². The maximum absolute atomic E-state index is 12.6. The fourth-order valence-electron chi connectivity index (χ4n) is 2.29. The lowest BCUT2D eigenvalue weighted by atomic mass is 10.1. The molecule has 0 saturated carbocycles. The van der Waals surface area contributed by atoms with Crippen LogP contribution in [0, 0.1) is 0 Å². The van der Waals surface area contributed by atoms with Gasteiger partial charge in [-0.15, -0.1) is 11.3 Å². The molecule has 0 radical (unpaired) electrons. The highest BCUT2D eigenvalue weighted by molar-refractivity contribution is 7.16. The quantitative estimate of drug-likeness (QED) is 0.940. The van der Waals surface area contributed by atoms with Crippen molar-refractivity contribution in [1.29, 1.82) is 0 Å². The summed E-state index contributed by atoms with van der Waals surface area (Å²) < 4.78 is 6.38. The zero-order valence-electron chi connectivity index (χ0n) is 11.6. The van der Waals surface area contributed by atoms with Gasteiger partial charge in [0, 0.05) is 18.5 Å². The van der Waals surface area contributed by atoms with Crippen LogP contribution in [-0.2, 0) is 6.54 Å². The van der Waals surface area contributed by atoms with Gasteiger partial charge in [-0.25, -0.2) is 0 Å². The summed E-state index contributed by atoms with van der Waals surface area (Å²) in [6.45, 7) is 1.86. The minimum atomic E-state index is -0.0555. The number of fused-ring (bicyclic) bond motifs is 1. The molecule has 21 heavy (non-hydrogen) atoms. The minimum Gasteiger partial charge on any atom is -0.489 e. The predicted octanol–water partition coefficient (Wildman–Crippen LogP) is 3.48. The number of carbonyl (C=O) groups excluding carboxylic acids is 1. The molecule has 0 aliphatic carbocycles. The van der Waals surface area contributed by atoms with Crippen LogP contribution in [0.4, 0.5) is 5.69 Å². The average molecular weight is 323 g/mol. The first-order chi connectivity index (χ1) is 10.1. The Morgan fingerprint density at radius 1 is 1.43 bits per heavy atom. The van der Waals surface area contributed by atoms with Crippen molar-refractivity contribution >= 4 is 34.5 Å². The molecule has 1 amide bonds. The lowest BCUT2D eigenvalue weighted by Gasteiger charge is -2.23. The molecule has 0 saturated heterocycles. The lowest BCUT2D eigenvalue weighted by Crippen LogP contribution is -2.28. The van der Waals surface area contributed by atoms with E-state index in [2.05, 4.69) is 5.32 Å². The fraction of sp³-hybridized carbons (Fsp3) is 0.267. The van der Waals surface area contributed by atoms with E-state index >= 15 is 0 Å². The number of nitrogens with one attached hydrogen (secondary N) is 1. The molecule has 0 fully saturated rings. The van der Waals surface area contributed by atoms with Gasteiger partial charge >= 0.3 is 0 Å². The van der Waals surface area contributed by atoms with E-state index in [1.165, 1.54) is 11.3 Å². The summed E-state index contributed by atoms with van der Waals surface area (Å²) >= 11 is 7.41. The molecule has 1 N–H and O–H groups in total. The van der Waals surface area contributed by atoms with E-state index in [-0.39, 0.29) is 5.91 Å². The van der Waals surface area contributed by atoms with Gasteiger partial charge in [0.2, 0.25) is 0 Å². The third kappa shape index (κ3) is 2.99. The molecule has 4 nitrogen and oxygen atoms in total. The van der Waals surface area contributed by atoms with Crippen LogP contribution in [0.2, 0.25) is 4.34 Å². The second-order valence-corrected chi connectivity index (χ2v) is 6.62. The first-order valence-electron chi connectivity index (χ1n) is 6.64. The van der Waals surface area contributed by atoms with E-state index < -0.39 is 0 Å². The summed E-state index contributed by atoms with van der Waals surface area (Å²) in [7, 11) is 1.78. The summed E-state index contributed by atoms with van der Waals surface area (Å²) in [5.74, 6) is 0.588. The van der Waals surface area contributed by atoms with Crippen molar-refractivity contribution < 1.29 is 9.53 Å². The lowest BCUT2D eigenvalue weighted by molar-refractivity contribution is 0.0782. The molecule has 1 aliphatic heterocycles. The molecule has 3 rings (SSSR count). The number of anilines is 1. The molecule has 2 aromatic rings. The number of thiophene rings is 1. The highest BCUT2D eigenvalue weighted by Crippen LogP contribution is 2.32. The highest BCUT2D eigenvalue weighted by atomic mass is 35.5. The Morgan fingerprint density at radius 2 is 2.29 bits per heavy atom. The number of carbonyl (C=O) groups is 1. The molecule has 6 heteroatoms. The molecule has 0 spiro atoms. The second-order valence-electron chi connectivity index (χ2n) is 4.82. The maximum atomic E-state index is 12.6. The number of nitrogens with zero attached hydrogens (tertiary/aromatic N) is 1. The Kier molecular flexibility index (Phi) is 4.03. The molecular formula is C15H15ClN2O2S. The van der Waals surface area contributed by atoms with Crippen LogP contribution in [0.15, 0.2) is 30.3 Å². The standard InChI is InChI=1S/C15H15ClN2O2S/c1-18(9-10-5-6-13(16)21-10)15(19)11-3-2-4-12-14(11)20-8-7-17-12/h2-6,17H,7-9H2,1H3. The van der Waals surface area contributed by atoms with Gasteiger partial charge in [-0.2, -0.15) is 0 Å². The van der Waals surface area contributed by atoms with E-state index in [0.717, 1.165) is 21.4 Å². The number of amides is 1. The Balaban J connectivity index is 1.81. The molecule has 1 aromatic heterocycles. The maximum Gasteiger partial charge on any atom is 0.257 e. The summed E-state index contributed by atoms with van der Waals surface area (Å²) in [4.78, 5) is 15.3. The summed E-state index contributed by atoms with van der Waals surface area (Å²) in [5.41, 5.74) is 1.46. The summed E-state index contributed by atoms with van der Waals surface area (Å²) in [6, 6.07) is 9.37. The molecule has 0 bridgehead atoms. The SMILES string of the molecule is CN(Cc1ccc(Cl)s1)C(=O)c1cccc2c1OCCN2. The predicted molar refractivity (Wildman–Crippen MR) is 85.6 cm³/mol. The van der Waals surface area contributed by atoms with E-state index in [1.807, 2.05) is 24.3 Å². The monoisotopic (exact) mass is 322 g/mol. The van der Waals surface area contributed by atoms with Crippen molar-refractivity contribution in [3.8, 4) is 5.75 Å². The molecule has 0 atom stereocenters. The minimum absolute atomic E-state index is 0.0555. The van der Waals surface area contributed by atoms with Gasteiger partial charge < -0.3 is 15.0 Å². The van der Waals surface area contributed by atoms with Crippen molar-refractivity contribution in [1.82, 2.24) is 4.90 Å². The van der Waals surface area contributed by atoms with Crippen molar-refractivity contribution in [2.45, 2.75) is 6.54 Å². The fourth-order valence-corrected chi connectivity index (χ4v) is 3.43. The van der Waals surface area contributed by atoms with Gasteiger partial charge in [-0.1, -0.05) is 17.7 Å². The van der Waals surface area contributed by atoms with Crippen LogP contribution in [0.25, 0.3) is 0 Å². The van der Waals surface area contributed by atoms with Gasteiger partial charge in [0.25, 0.3) is 5.91 Å². The van der Waals surface area contributed by atoms with Crippen LogP contribution in [0.5, 0.6) is 5.75 Å². The van der Waals surface area contributed by atoms with E-state index in [1.54, 1.807) is 18.0 Å². The number of hydrogen-bond donors (Lipinski definition) is 1. The van der Waals surface area contributed by atoms with Crippen LogP contribution < -0.4 is 10.1 Å². The van der Waals surface area contributed by atoms with Gasteiger partial charge in [0.1, 0.15) is 6.61 Å². The highest BCUT2D eigenvalue weighted by Gasteiger charge is 2.21. The van der Waals surface area contributed by atoms with Gasteiger partial charge in [0.15, 0.2) is 5.75 Å². The first-order valence-corrected chi connectivity index (χ1v) is 7.84. The number of halogens is 1. The number of rotatable bonds is 3. The van der Waals surface area contributed by atoms with Crippen LogP contribution in [0.1, 0.15) is 15.2 Å². The van der Waals surface area contributed by atoms with E-state index in [0.29, 0.717) is 24.5 Å². The number of ether oxygens (including phenoxy) is 1. The summed E-state index contributed by atoms with van der Waals surface area (Å²) in [5, 5.41) is 3.24. The third-order valence-electron chi connectivity index (χ3n) is 3.28. The van der Waals surface area contributed by atoms with Crippen molar-refractivity contribution in [2.75, 3.05) is 25.5 Å². The zero-order chi connectivity index (χ0) is 14.8. The normalized spacial score (nSPS) is 13.0. The third-order valence-corrected chi connectivity index (χ3v) is 4.49. The van der Waals surface area contributed by atoms with Crippen molar-refractivity contribution in [3.05, 3.63) is 45.1 Å². The molecule has 110 valence electrons. The smallest absolute Gasteiger partial charge is 0.257 e. The molecule has 1 aromatic carbocycles. The van der Waals surface area contributed by atoms with Gasteiger partial charge in [-0.3, -0.25) is 4.79 Å². The number of hydrogen-bond acceptors (Lipinski definition) is 4. The zero-order valence-corrected chi connectivity index (χ0v) is 13.1. The van der Waals surface area contributed by atoms with E-state index in [4.69, 9.17) is 16.3 Å². The second kappa shape index (κ2) is 5.95. The van der Waals surface area contributed by atoms with Crippen molar-refractivity contribution in [3.63, 3.8) is 0 Å². The van der Waals surface area contributed by atoms with Crippen molar-refractivity contribution in [2.24, 2.45) is 0 Å². The molecule has 2 heterocycles. The van der Waals surface area contributed by atoms with E-state index in [9.17, 15) is 4.79 Å². The molecular weight excluding hydrogens is 308 g/mol. The number of para-hydroxylation sites is 1. The first kappa shape index (κ1) is 14.2. The largest absolute Gasteiger partial charge is 0.489 e. The summed E-state index contributed by atoms with van der Waals surface area (Å²) in [6.07, 6.45) is 0. The van der Waals surface area contributed by atoms with Gasteiger partial charge in [0.05, 0.1) is 22.1 Å². The average Bonchev–Trinajstić information content (AvgIpc) is 2.91. The van der Waals surface area contributed by atoms with Crippen LogP contribution in [0.3, 0.4) is 0 Å². The number of benzene rings is 1. The Bertz CT molecular complexity index is 671. The van der Waals surface area contributed by atoms with Gasteiger partial charge in [-0.05, 0) is 24.3 Å².